The standard InChI is InChI=1S/C23H20FNO5S2/c1-13(7-9-26)12-32(28,29)19-6-3-14(11-16(19)24)20-18(30-2)5-4-17-21(20)15-8-10-31-22(15)23(27)25-17/h3-6,8,10-12,26H,7,9H2,1-2H3,(H,25,27)/b13-12-. The number of pyridine rings is 1. The maximum Gasteiger partial charge on any atom is 0.266 e. The molecule has 2 N–H and O–H groups in total. The van der Waals surface area contributed by atoms with Crippen LogP contribution in [0.3, 0.4) is 0 Å². The Labute approximate surface area is 187 Å². The number of aliphatic hydroxyl groups is 1. The van der Waals surface area contributed by atoms with Crippen LogP contribution in [0.25, 0.3) is 32.1 Å². The van der Waals surface area contributed by atoms with Gasteiger partial charge in [-0.25, -0.2) is 12.8 Å². The number of aliphatic hydroxyl groups excluding tert-OH is 1. The number of aromatic nitrogens is 1. The molecule has 0 aliphatic carbocycles. The number of halogens is 1. The number of benzene rings is 2. The van der Waals surface area contributed by atoms with E-state index in [2.05, 4.69) is 4.98 Å². The van der Waals surface area contributed by atoms with Crippen LogP contribution in [-0.4, -0.2) is 32.2 Å². The van der Waals surface area contributed by atoms with Gasteiger partial charge in [-0.2, -0.15) is 0 Å². The van der Waals surface area contributed by atoms with E-state index >= 15 is 4.39 Å². The second-order valence-electron chi connectivity index (χ2n) is 7.31. The summed E-state index contributed by atoms with van der Waals surface area (Å²) < 4.78 is 46.4. The minimum atomic E-state index is -4.03. The molecule has 166 valence electrons. The predicted octanol–water partition coefficient (Wildman–Crippen LogP) is 4.62. The van der Waals surface area contributed by atoms with Crippen LogP contribution in [-0.2, 0) is 9.84 Å². The summed E-state index contributed by atoms with van der Waals surface area (Å²) >= 11 is 1.30. The Kier molecular flexibility index (Phi) is 5.89. The van der Waals surface area contributed by atoms with Crippen LogP contribution in [0, 0.1) is 5.82 Å². The van der Waals surface area contributed by atoms with Crippen molar-refractivity contribution in [3.63, 3.8) is 0 Å². The van der Waals surface area contributed by atoms with Crippen LogP contribution < -0.4 is 10.3 Å². The number of hydrogen-bond acceptors (Lipinski definition) is 6. The van der Waals surface area contributed by atoms with Gasteiger partial charge in [-0.15, -0.1) is 11.3 Å². The van der Waals surface area contributed by atoms with E-state index in [1.807, 2.05) is 6.07 Å². The third kappa shape index (κ3) is 3.83. The number of hydrogen-bond donors (Lipinski definition) is 2. The van der Waals surface area contributed by atoms with Crippen molar-refractivity contribution in [1.82, 2.24) is 4.98 Å². The smallest absolute Gasteiger partial charge is 0.266 e. The summed E-state index contributed by atoms with van der Waals surface area (Å²) in [4.78, 5) is 14.8. The predicted molar refractivity (Wildman–Crippen MR) is 125 cm³/mol. The molecule has 0 saturated carbocycles. The molecule has 2 aromatic heterocycles. The monoisotopic (exact) mass is 473 g/mol. The molecule has 0 saturated heterocycles. The number of ether oxygens (including phenoxy) is 1. The summed E-state index contributed by atoms with van der Waals surface area (Å²) in [5.41, 5.74) is 1.75. The first-order valence-corrected chi connectivity index (χ1v) is 12.1. The number of nitrogens with one attached hydrogen (secondary N) is 1. The van der Waals surface area contributed by atoms with Gasteiger partial charge in [0, 0.05) is 33.9 Å². The lowest BCUT2D eigenvalue weighted by Crippen LogP contribution is -2.05. The van der Waals surface area contributed by atoms with Crippen molar-refractivity contribution in [1.29, 1.82) is 0 Å². The Balaban J connectivity index is 1.96. The molecule has 9 heteroatoms. The van der Waals surface area contributed by atoms with Gasteiger partial charge in [-0.05, 0) is 54.6 Å². The third-order valence-corrected chi connectivity index (χ3v) is 7.74. The first kappa shape index (κ1) is 22.2. The Morgan fingerprint density at radius 2 is 2.03 bits per heavy atom. The van der Waals surface area contributed by atoms with E-state index < -0.39 is 20.5 Å². The molecular formula is C23H20FNO5S2. The number of thiophene rings is 1. The van der Waals surface area contributed by atoms with E-state index in [0.29, 0.717) is 43.4 Å². The van der Waals surface area contributed by atoms with Crippen molar-refractivity contribution in [2.75, 3.05) is 13.7 Å². The highest BCUT2D eigenvalue weighted by Gasteiger charge is 2.21. The van der Waals surface area contributed by atoms with Crippen molar-refractivity contribution >= 4 is 42.2 Å². The molecule has 2 heterocycles. The van der Waals surface area contributed by atoms with E-state index in [1.165, 1.54) is 30.6 Å². The number of rotatable bonds is 6. The van der Waals surface area contributed by atoms with E-state index in [-0.39, 0.29) is 18.6 Å². The van der Waals surface area contributed by atoms with Gasteiger partial charge in [0.05, 0.1) is 7.11 Å². The van der Waals surface area contributed by atoms with Crippen molar-refractivity contribution in [3.8, 4) is 16.9 Å². The van der Waals surface area contributed by atoms with E-state index in [9.17, 15) is 13.2 Å². The van der Waals surface area contributed by atoms with Crippen LogP contribution in [0.1, 0.15) is 13.3 Å². The van der Waals surface area contributed by atoms with Gasteiger partial charge in [0.1, 0.15) is 21.2 Å². The van der Waals surface area contributed by atoms with Gasteiger partial charge in [0.2, 0.25) is 9.84 Å². The topological polar surface area (TPSA) is 96.5 Å². The molecule has 0 unspecified atom stereocenters. The number of H-pyrrole nitrogens is 1. The summed E-state index contributed by atoms with van der Waals surface area (Å²) in [5, 5.41) is 13.2. The second-order valence-corrected chi connectivity index (χ2v) is 9.99. The van der Waals surface area contributed by atoms with Gasteiger partial charge in [-0.1, -0.05) is 11.6 Å². The van der Waals surface area contributed by atoms with E-state index in [0.717, 1.165) is 11.5 Å². The highest BCUT2D eigenvalue weighted by Crippen LogP contribution is 2.41. The van der Waals surface area contributed by atoms with Crippen LogP contribution in [0.5, 0.6) is 5.75 Å². The molecule has 0 aliphatic rings. The van der Waals surface area contributed by atoms with Crippen molar-refractivity contribution in [2.45, 2.75) is 18.2 Å². The SMILES string of the molecule is COc1ccc2[nH]c(=O)c3sccc3c2c1-c1ccc(S(=O)(=O)/C=C(/C)CCO)c(F)c1. The number of aromatic amines is 1. The molecule has 0 fully saturated rings. The lowest BCUT2D eigenvalue weighted by molar-refractivity contribution is 0.299. The summed E-state index contributed by atoms with van der Waals surface area (Å²) in [5.74, 6) is -0.439. The fourth-order valence-electron chi connectivity index (χ4n) is 3.74. The van der Waals surface area contributed by atoms with Crippen molar-refractivity contribution in [2.24, 2.45) is 0 Å². The van der Waals surface area contributed by atoms with Gasteiger partial charge < -0.3 is 14.8 Å². The third-order valence-electron chi connectivity index (χ3n) is 5.17. The first-order chi connectivity index (χ1) is 15.3. The van der Waals surface area contributed by atoms with Crippen LogP contribution in [0.2, 0.25) is 0 Å². The molecular weight excluding hydrogens is 453 g/mol. The molecule has 0 bridgehead atoms. The van der Waals surface area contributed by atoms with E-state index in [4.69, 9.17) is 9.84 Å². The van der Waals surface area contributed by atoms with Gasteiger partial charge >= 0.3 is 0 Å². The Morgan fingerprint density at radius 3 is 2.72 bits per heavy atom. The highest BCUT2D eigenvalue weighted by molar-refractivity contribution is 7.94. The molecule has 0 radical (unpaired) electrons. The Morgan fingerprint density at radius 1 is 1.25 bits per heavy atom. The lowest BCUT2D eigenvalue weighted by Gasteiger charge is -2.14. The molecule has 6 nitrogen and oxygen atoms in total. The van der Waals surface area contributed by atoms with Crippen LogP contribution >= 0.6 is 11.3 Å². The molecule has 32 heavy (non-hydrogen) atoms. The maximum atomic E-state index is 15.1. The Hall–Kier alpha value is -3.01. The lowest BCUT2D eigenvalue weighted by atomic mass is 9.97. The quantitative estimate of drug-likeness (QED) is 0.426. The zero-order chi connectivity index (χ0) is 23.0. The average Bonchev–Trinajstić information content (AvgIpc) is 3.23. The van der Waals surface area contributed by atoms with Gasteiger partial charge in [-0.3, -0.25) is 4.79 Å². The van der Waals surface area contributed by atoms with E-state index in [1.54, 1.807) is 24.4 Å². The average molecular weight is 474 g/mol. The normalized spacial score (nSPS) is 12.6. The largest absolute Gasteiger partial charge is 0.496 e. The molecule has 0 atom stereocenters. The summed E-state index contributed by atoms with van der Waals surface area (Å²) in [7, 11) is -2.53. The fourth-order valence-corrected chi connectivity index (χ4v) is 5.89. The Bertz CT molecular complexity index is 1530. The molecule has 4 aromatic rings. The minimum absolute atomic E-state index is 0.182. The number of sulfone groups is 1. The maximum absolute atomic E-state index is 15.1. The fraction of sp³-hybridized carbons (Fsp3) is 0.174. The van der Waals surface area contributed by atoms with Gasteiger partial charge in [0.25, 0.3) is 5.56 Å². The number of methoxy groups -OCH3 is 1. The minimum Gasteiger partial charge on any atom is -0.496 e. The highest BCUT2D eigenvalue weighted by atomic mass is 32.2. The van der Waals surface area contributed by atoms with Crippen LogP contribution in [0.15, 0.2) is 62.4 Å². The summed E-state index contributed by atoms with van der Waals surface area (Å²) in [6.07, 6.45) is 0.182. The van der Waals surface area contributed by atoms with Gasteiger partial charge in [0.15, 0.2) is 0 Å². The molecule has 0 amide bonds. The molecule has 4 rings (SSSR count). The second kappa shape index (κ2) is 8.50. The first-order valence-electron chi connectivity index (χ1n) is 9.70. The zero-order valence-corrected chi connectivity index (χ0v) is 18.9. The van der Waals surface area contributed by atoms with Crippen molar-refractivity contribution < 1.29 is 22.7 Å². The molecule has 2 aromatic carbocycles. The molecule has 0 aliphatic heterocycles. The summed E-state index contributed by atoms with van der Waals surface area (Å²) in [6, 6.07) is 9.12. The summed E-state index contributed by atoms with van der Waals surface area (Å²) in [6.45, 7) is 1.37. The zero-order valence-electron chi connectivity index (χ0n) is 17.3. The number of fused-ring (bicyclic) bond motifs is 3. The molecule has 0 spiro atoms. The van der Waals surface area contributed by atoms with Crippen molar-refractivity contribution in [3.05, 3.63) is 68.9 Å². The van der Waals surface area contributed by atoms with Crippen LogP contribution in [0.4, 0.5) is 4.39 Å².